The molecular weight excluding hydrogens is 274 g/mol. The standard InChI is InChI=1S/C10H8BrFO2.Na.H/c11-6-1-2-7(8(12)5-6)10(3-4-10)9(13)14;;/h1-2,5H,3-4H2,(H,13,14);;. The van der Waals surface area contributed by atoms with Gasteiger partial charge in [-0.25, -0.2) is 4.39 Å². The van der Waals surface area contributed by atoms with Crippen molar-refractivity contribution in [3.63, 3.8) is 0 Å². The Morgan fingerprint density at radius 2 is 2.07 bits per heavy atom. The van der Waals surface area contributed by atoms with Crippen LogP contribution in [0.15, 0.2) is 22.7 Å². The number of halogens is 2. The molecule has 5 heteroatoms. The van der Waals surface area contributed by atoms with Crippen molar-refractivity contribution in [2.24, 2.45) is 0 Å². The number of benzene rings is 1. The zero-order valence-corrected chi connectivity index (χ0v) is 8.84. The van der Waals surface area contributed by atoms with Gasteiger partial charge in [0.25, 0.3) is 0 Å². The first kappa shape index (κ1) is 13.2. The van der Waals surface area contributed by atoms with Gasteiger partial charge in [-0.3, -0.25) is 4.79 Å². The zero-order chi connectivity index (χ0) is 10.3. The molecule has 0 aliphatic heterocycles. The summed E-state index contributed by atoms with van der Waals surface area (Å²) in [6.07, 6.45) is 1.06. The second kappa shape index (κ2) is 4.53. The number of rotatable bonds is 2. The number of aliphatic carboxylic acids is 1. The Bertz CT molecular complexity index is 404. The molecule has 1 aromatic rings. The molecule has 2 rings (SSSR count). The monoisotopic (exact) mass is 282 g/mol. The van der Waals surface area contributed by atoms with E-state index in [4.69, 9.17) is 5.11 Å². The van der Waals surface area contributed by atoms with Crippen molar-refractivity contribution in [3.05, 3.63) is 34.1 Å². The number of hydrogen-bond acceptors (Lipinski definition) is 1. The summed E-state index contributed by atoms with van der Waals surface area (Å²) in [4.78, 5) is 10.9. The first-order chi connectivity index (χ1) is 6.56. The molecule has 15 heavy (non-hydrogen) atoms. The quantitative estimate of drug-likeness (QED) is 0.843. The average molecular weight is 283 g/mol. The molecule has 2 nitrogen and oxygen atoms in total. The molecule has 0 atom stereocenters. The summed E-state index contributed by atoms with van der Waals surface area (Å²) >= 11 is 3.13. The average Bonchev–Trinajstić information content (AvgIpc) is 2.84. The van der Waals surface area contributed by atoms with E-state index >= 15 is 0 Å². The molecule has 0 spiro atoms. The van der Waals surface area contributed by atoms with E-state index in [1.165, 1.54) is 6.07 Å². The third kappa shape index (κ3) is 2.28. The predicted octanol–water partition coefficient (Wildman–Crippen LogP) is 2.06. The summed E-state index contributed by atoms with van der Waals surface area (Å²) in [6, 6.07) is 4.51. The van der Waals surface area contributed by atoms with Crippen LogP contribution >= 0.6 is 15.9 Å². The van der Waals surface area contributed by atoms with Gasteiger partial charge < -0.3 is 5.11 Å². The Labute approximate surface area is 117 Å². The fourth-order valence-corrected chi connectivity index (χ4v) is 1.93. The van der Waals surface area contributed by atoms with E-state index in [-0.39, 0.29) is 29.6 Å². The molecule has 0 saturated heterocycles. The van der Waals surface area contributed by atoms with Gasteiger partial charge in [-0.2, -0.15) is 0 Å². The van der Waals surface area contributed by atoms with Crippen LogP contribution in [0.2, 0.25) is 0 Å². The van der Waals surface area contributed by atoms with Gasteiger partial charge in [-0.05, 0) is 25.0 Å². The third-order valence-corrected chi connectivity index (χ3v) is 3.10. The number of carbonyl (C=O) groups is 1. The maximum atomic E-state index is 13.5. The summed E-state index contributed by atoms with van der Waals surface area (Å²) < 4.78 is 14.1. The van der Waals surface area contributed by atoms with Crippen LogP contribution in [0.5, 0.6) is 0 Å². The van der Waals surface area contributed by atoms with Crippen molar-refractivity contribution < 1.29 is 14.3 Å². The van der Waals surface area contributed by atoms with Crippen molar-refractivity contribution in [2.75, 3.05) is 0 Å². The molecular formula is C10H9BrFNaO2. The van der Waals surface area contributed by atoms with Crippen LogP contribution in [0.4, 0.5) is 4.39 Å². The van der Waals surface area contributed by atoms with E-state index in [1.54, 1.807) is 12.1 Å². The molecule has 1 fully saturated rings. The predicted molar refractivity (Wildman–Crippen MR) is 59.8 cm³/mol. The van der Waals surface area contributed by atoms with Crippen LogP contribution in [0.25, 0.3) is 0 Å². The van der Waals surface area contributed by atoms with E-state index < -0.39 is 17.2 Å². The van der Waals surface area contributed by atoms with Crippen molar-refractivity contribution >= 4 is 51.5 Å². The van der Waals surface area contributed by atoms with E-state index in [1.807, 2.05) is 0 Å². The molecule has 1 saturated carbocycles. The molecule has 0 aromatic heterocycles. The topological polar surface area (TPSA) is 37.3 Å². The summed E-state index contributed by atoms with van der Waals surface area (Å²) in [5.41, 5.74) is -0.654. The van der Waals surface area contributed by atoms with Crippen LogP contribution in [0, 0.1) is 5.82 Å². The fraction of sp³-hybridized carbons (Fsp3) is 0.300. The Morgan fingerprint density at radius 3 is 2.47 bits per heavy atom. The molecule has 0 heterocycles. The van der Waals surface area contributed by atoms with Gasteiger partial charge in [-0.1, -0.05) is 22.0 Å². The van der Waals surface area contributed by atoms with Gasteiger partial charge in [0.2, 0.25) is 0 Å². The molecule has 0 unspecified atom stereocenters. The maximum absolute atomic E-state index is 13.5. The van der Waals surface area contributed by atoms with Crippen molar-refractivity contribution in [3.8, 4) is 0 Å². The fourth-order valence-electron chi connectivity index (χ4n) is 1.60. The van der Waals surface area contributed by atoms with Gasteiger partial charge in [-0.15, -0.1) is 0 Å². The Balaban J connectivity index is 0.00000112. The second-order valence-electron chi connectivity index (χ2n) is 3.51. The van der Waals surface area contributed by atoms with Gasteiger partial charge in [0.15, 0.2) is 0 Å². The van der Waals surface area contributed by atoms with Crippen molar-refractivity contribution in [1.82, 2.24) is 0 Å². The minimum atomic E-state index is -0.954. The van der Waals surface area contributed by atoms with Gasteiger partial charge in [0.1, 0.15) is 5.82 Å². The molecule has 1 N–H and O–H groups in total. The SMILES string of the molecule is O=C(O)C1(c2ccc(Br)cc2F)CC1.[NaH]. The molecule has 1 aromatic carbocycles. The van der Waals surface area contributed by atoms with Crippen LogP contribution in [-0.4, -0.2) is 40.6 Å². The summed E-state index contributed by atoms with van der Waals surface area (Å²) in [5, 5.41) is 8.97. The van der Waals surface area contributed by atoms with E-state index in [9.17, 15) is 9.18 Å². The third-order valence-electron chi connectivity index (χ3n) is 2.61. The van der Waals surface area contributed by atoms with Crippen LogP contribution < -0.4 is 0 Å². The molecule has 1 aliphatic rings. The second-order valence-corrected chi connectivity index (χ2v) is 4.43. The van der Waals surface area contributed by atoms with E-state index in [0.717, 1.165) is 0 Å². The van der Waals surface area contributed by atoms with Crippen molar-refractivity contribution in [1.29, 1.82) is 0 Å². The first-order valence-electron chi connectivity index (χ1n) is 4.25. The van der Waals surface area contributed by atoms with Crippen LogP contribution in [0.3, 0.4) is 0 Å². The Hall–Kier alpha value is 0.1000. The Kier molecular flexibility index (Phi) is 3.98. The summed E-state index contributed by atoms with van der Waals surface area (Å²) in [5.74, 6) is -1.38. The minimum absolute atomic E-state index is 0. The zero-order valence-electron chi connectivity index (χ0n) is 7.26. The first-order valence-corrected chi connectivity index (χ1v) is 5.04. The van der Waals surface area contributed by atoms with E-state index in [2.05, 4.69) is 15.9 Å². The van der Waals surface area contributed by atoms with Crippen molar-refractivity contribution in [2.45, 2.75) is 18.3 Å². The number of carboxylic acid groups (broad SMARTS) is 1. The number of hydrogen-bond donors (Lipinski definition) is 1. The summed E-state index contributed by atoms with van der Waals surface area (Å²) in [7, 11) is 0. The van der Waals surface area contributed by atoms with E-state index in [0.29, 0.717) is 22.9 Å². The number of carboxylic acids is 1. The van der Waals surface area contributed by atoms with Crippen LogP contribution in [0.1, 0.15) is 18.4 Å². The molecule has 0 amide bonds. The normalized spacial score (nSPS) is 16.7. The van der Waals surface area contributed by atoms with Gasteiger partial charge in [0, 0.05) is 10.0 Å². The molecule has 0 bridgehead atoms. The van der Waals surface area contributed by atoms with Gasteiger partial charge >= 0.3 is 35.5 Å². The Morgan fingerprint density at radius 1 is 1.47 bits per heavy atom. The van der Waals surface area contributed by atoms with Crippen LogP contribution in [-0.2, 0) is 10.2 Å². The molecule has 0 radical (unpaired) electrons. The molecule has 76 valence electrons. The summed E-state index contributed by atoms with van der Waals surface area (Å²) in [6.45, 7) is 0. The van der Waals surface area contributed by atoms with Gasteiger partial charge in [0.05, 0.1) is 5.41 Å². The molecule has 1 aliphatic carbocycles.